The van der Waals surface area contributed by atoms with E-state index in [-0.39, 0.29) is 29.1 Å². The fraction of sp³-hybridized carbons (Fsp3) is 0.435. The Morgan fingerprint density at radius 3 is 2.52 bits per heavy atom. The summed E-state index contributed by atoms with van der Waals surface area (Å²) in [5, 5.41) is 12.7. The second-order valence-electron chi connectivity index (χ2n) is 8.07. The number of hydrogen-bond donors (Lipinski definition) is 1. The molecule has 1 fully saturated rings. The van der Waals surface area contributed by atoms with Crippen LogP contribution in [0.5, 0.6) is 0 Å². The normalized spacial score (nSPS) is 17.8. The zero-order chi connectivity index (χ0) is 22.4. The maximum atomic E-state index is 12.5. The first-order chi connectivity index (χ1) is 14.8. The summed E-state index contributed by atoms with van der Waals surface area (Å²) in [7, 11) is -0.472. The average Bonchev–Trinajstić information content (AvgIpc) is 2.79. The highest BCUT2D eigenvalue weighted by Crippen LogP contribution is 2.22. The Balaban J connectivity index is 1.64. The molecule has 7 nitrogen and oxygen atoms in total. The number of hydrogen-bond acceptors (Lipinski definition) is 6. The molecule has 0 radical (unpaired) electrons. The van der Waals surface area contributed by atoms with Crippen molar-refractivity contribution in [3.63, 3.8) is 0 Å². The van der Waals surface area contributed by atoms with E-state index in [1.807, 2.05) is 12.1 Å². The van der Waals surface area contributed by atoms with Gasteiger partial charge in [0.15, 0.2) is 5.78 Å². The molecule has 1 N–H and O–H groups in total. The molecule has 2 heterocycles. The Labute approximate surface area is 184 Å². The van der Waals surface area contributed by atoms with Crippen LogP contribution in [0.25, 0.3) is 11.3 Å². The number of pyridine rings is 1. The molecule has 2 atom stereocenters. The van der Waals surface area contributed by atoms with Crippen molar-refractivity contribution in [3.05, 3.63) is 48.2 Å². The van der Waals surface area contributed by atoms with Crippen LogP contribution in [-0.4, -0.2) is 50.2 Å². The number of nitriles is 1. The summed E-state index contributed by atoms with van der Waals surface area (Å²) in [6.07, 6.45) is 5.43. The molecule has 164 valence electrons. The lowest BCUT2D eigenvalue weighted by Gasteiger charge is -2.23. The van der Waals surface area contributed by atoms with Crippen LogP contribution in [0.2, 0.25) is 0 Å². The summed E-state index contributed by atoms with van der Waals surface area (Å²) in [4.78, 5) is 17.2. The standard InChI is InChI=1S/C23H28N4O3S/c1-27(2)31(29,30)20-9-7-19(8-10-20)21-11-6-17(16-26-21)13-18(15-24)14-23(28)22-5-3-4-12-25-22/h6-11,16,18,22,25H,3-5,12-14H2,1-2H3/t18-,22+/m1/s1. The quantitative estimate of drug-likeness (QED) is 0.677. The molecule has 8 heteroatoms. The van der Waals surface area contributed by atoms with Crippen LogP contribution in [0.1, 0.15) is 31.2 Å². The third-order valence-electron chi connectivity index (χ3n) is 5.56. The van der Waals surface area contributed by atoms with E-state index in [9.17, 15) is 18.5 Å². The minimum absolute atomic E-state index is 0.114. The zero-order valence-corrected chi connectivity index (χ0v) is 18.7. The lowest BCUT2D eigenvalue weighted by atomic mass is 9.91. The number of Topliss-reactive ketones (excluding diaryl/α,β-unsaturated/α-hetero) is 1. The predicted octanol–water partition coefficient (Wildman–Crippen LogP) is 2.78. The maximum absolute atomic E-state index is 12.5. The smallest absolute Gasteiger partial charge is 0.242 e. The summed E-state index contributed by atoms with van der Waals surface area (Å²) in [6, 6.07) is 12.5. The number of sulfonamides is 1. The van der Waals surface area contributed by atoms with E-state index >= 15 is 0 Å². The second kappa shape index (κ2) is 10.1. The molecule has 0 spiro atoms. The molecule has 1 aromatic heterocycles. The molecule has 0 saturated carbocycles. The lowest BCUT2D eigenvalue weighted by Crippen LogP contribution is -2.41. The topological polar surface area (TPSA) is 103 Å². The Bertz CT molecular complexity index is 1040. The van der Waals surface area contributed by atoms with Gasteiger partial charge in [-0.05, 0) is 49.6 Å². The minimum atomic E-state index is -3.47. The number of aromatic nitrogens is 1. The summed E-state index contributed by atoms with van der Waals surface area (Å²) in [5.41, 5.74) is 2.42. The SMILES string of the molecule is CN(C)S(=O)(=O)c1ccc(-c2ccc(C[C@@H](C#N)CC(=O)[C@@H]3CCCCN3)cn2)cc1. The van der Waals surface area contributed by atoms with Crippen molar-refractivity contribution in [2.45, 2.75) is 43.0 Å². The molecule has 1 aliphatic heterocycles. The third-order valence-corrected chi connectivity index (χ3v) is 7.39. The first kappa shape index (κ1) is 23.1. The van der Waals surface area contributed by atoms with Gasteiger partial charge < -0.3 is 5.32 Å². The van der Waals surface area contributed by atoms with E-state index in [1.54, 1.807) is 30.5 Å². The van der Waals surface area contributed by atoms with E-state index in [0.29, 0.717) is 12.1 Å². The summed E-state index contributed by atoms with van der Waals surface area (Å²) < 4.78 is 25.6. The molecule has 1 aromatic carbocycles. The zero-order valence-electron chi connectivity index (χ0n) is 17.9. The monoisotopic (exact) mass is 440 g/mol. The predicted molar refractivity (Wildman–Crippen MR) is 119 cm³/mol. The van der Waals surface area contributed by atoms with E-state index in [1.165, 1.54) is 18.4 Å². The third kappa shape index (κ3) is 5.76. The number of piperidine rings is 1. The van der Waals surface area contributed by atoms with Crippen LogP contribution >= 0.6 is 0 Å². The lowest BCUT2D eigenvalue weighted by molar-refractivity contribution is -0.122. The number of carbonyl (C=O) groups is 1. The first-order valence-electron chi connectivity index (χ1n) is 10.4. The molecule has 0 amide bonds. The number of carbonyl (C=O) groups excluding carboxylic acids is 1. The van der Waals surface area contributed by atoms with Crippen molar-refractivity contribution < 1.29 is 13.2 Å². The van der Waals surface area contributed by atoms with Gasteiger partial charge >= 0.3 is 0 Å². The van der Waals surface area contributed by atoms with E-state index in [4.69, 9.17) is 0 Å². The summed E-state index contributed by atoms with van der Waals surface area (Å²) >= 11 is 0. The molecule has 31 heavy (non-hydrogen) atoms. The van der Waals surface area contributed by atoms with Crippen LogP contribution in [0, 0.1) is 17.2 Å². The highest BCUT2D eigenvalue weighted by Gasteiger charge is 2.24. The molecular weight excluding hydrogens is 412 g/mol. The molecule has 0 aliphatic carbocycles. The molecular formula is C23H28N4O3S. The van der Waals surface area contributed by atoms with Crippen LogP contribution in [0.3, 0.4) is 0 Å². The fourth-order valence-electron chi connectivity index (χ4n) is 3.68. The van der Waals surface area contributed by atoms with Gasteiger partial charge in [-0.15, -0.1) is 0 Å². The summed E-state index contributed by atoms with van der Waals surface area (Å²) in [5.74, 6) is -0.261. The molecule has 0 bridgehead atoms. The summed E-state index contributed by atoms with van der Waals surface area (Å²) in [6.45, 7) is 0.862. The highest BCUT2D eigenvalue weighted by atomic mass is 32.2. The Morgan fingerprint density at radius 2 is 1.97 bits per heavy atom. The van der Waals surface area contributed by atoms with Crippen LogP contribution in [0.15, 0.2) is 47.5 Å². The molecule has 3 rings (SSSR count). The molecule has 1 aliphatic rings. The van der Waals surface area contributed by atoms with Crippen LogP contribution < -0.4 is 5.32 Å². The number of rotatable bonds is 8. The molecule has 0 unspecified atom stereocenters. The van der Waals surface area contributed by atoms with Gasteiger partial charge in [0.1, 0.15) is 0 Å². The largest absolute Gasteiger partial charge is 0.307 e. The van der Waals surface area contributed by atoms with Crippen LogP contribution in [0.4, 0.5) is 0 Å². The van der Waals surface area contributed by atoms with Crippen molar-refractivity contribution >= 4 is 15.8 Å². The number of ketones is 1. The van der Waals surface area contributed by atoms with Gasteiger partial charge in [0.2, 0.25) is 10.0 Å². The van der Waals surface area contributed by atoms with Crippen molar-refractivity contribution in [2.75, 3.05) is 20.6 Å². The Hall–Kier alpha value is -2.60. The first-order valence-corrected chi connectivity index (χ1v) is 11.9. The van der Waals surface area contributed by atoms with Crippen molar-refractivity contribution in [1.82, 2.24) is 14.6 Å². The van der Waals surface area contributed by atoms with Gasteiger partial charge in [-0.3, -0.25) is 9.78 Å². The van der Waals surface area contributed by atoms with Gasteiger partial charge in [-0.1, -0.05) is 24.6 Å². The van der Waals surface area contributed by atoms with Crippen molar-refractivity contribution in [2.24, 2.45) is 5.92 Å². The molecule has 2 aromatic rings. The fourth-order valence-corrected chi connectivity index (χ4v) is 4.59. The van der Waals surface area contributed by atoms with Crippen molar-refractivity contribution in [1.29, 1.82) is 5.26 Å². The van der Waals surface area contributed by atoms with Gasteiger partial charge in [-0.25, -0.2) is 12.7 Å². The molecule has 1 saturated heterocycles. The van der Waals surface area contributed by atoms with Gasteiger partial charge in [0.25, 0.3) is 0 Å². The van der Waals surface area contributed by atoms with E-state index in [2.05, 4.69) is 16.4 Å². The second-order valence-corrected chi connectivity index (χ2v) is 10.2. The van der Waals surface area contributed by atoms with E-state index < -0.39 is 10.0 Å². The maximum Gasteiger partial charge on any atom is 0.242 e. The van der Waals surface area contributed by atoms with Crippen molar-refractivity contribution in [3.8, 4) is 17.3 Å². The van der Waals surface area contributed by atoms with Crippen LogP contribution in [-0.2, 0) is 21.2 Å². The number of benzene rings is 1. The Kier molecular flexibility index (Phi) is 7.55. The van der Waals surface area contributed by atoms with Gasteiger partial charge in [-0.2, -0.15) is 5.26 Å². The minimum Gasteiger partial charge on any atom is -0.307 e. The van der Waals surface area contributed by atoms with E-state index in [0.717, 1.165) is 36.9 Å². The number of nitrogens with one attached hydrogen (secondary N) is 1. The number of nitrogens with zero attached hydrogens (tertiary/aromatic N) is 3. The van der Waals surface area contributed by atoms with Gasteiger partial charge in [0.05, 0.1) is 28.6 Å². The van der Waals surface area contributed by atoms with Gasteiger partial charge in [0, 0.05) is 32.3 Å². The average molecular weight is 441 g/mol. The Morgan fingerprint density at radius 1 is 1.23 bits per heavy atom. The highest BCUT2D eigenvalue weighted by molar-refractivity contribution is 7.89.